The molecule has 5 rings (SSSR count). The van der Waals surface area contributed by atoms with E-state index in [1.165, 1.54) is 6.20 Å². The van der Waals surface area contributed by atoms with Crippen molar-refractivity contribution >= 4 is 22.6 Å². The summed E-state index contributed by atoms with van der Waals surface area (Å²) in [5, 5.41) is 3.04. The minimum atomic E-state index is -4.47. The predicted molar refractivity (Wildman–Crippen MR) is 110 cm³/mol. The van der Waals surface area contributed by atoms with Gasteiger partial charge in [0.05, 0.1) is 11.0 Å². The number of para-hydroxylation sites is 2. The summed E-state index contributed by atoms with van der Waals surface area (Å²) in [6.45, 7) is 1.09. The molecule has 0 spiro atoms. The minimum Gasteiger partial charge on any atom is -0.369 e. The lowest BCUT2D eigenvalue weighted by atomic mass is 10.2. The minimum absolute atomic E-state index is 0.0128. The van der Waals surface area contributed by atoms with Crippen LogP contribution in [-0.2, 0) is 11.0 Å². The molecule has 0 unspecified atom stereocenters. The quantitative estimate of drug-likeness (QED) is 0.646. The summed E-state index contributed by atoms with van der Waals surface area (Å²) in [7, 11) is 0. The molecule has 1 saturated heterocycles. The van der Waals surface area contributed by atoms with Crippen LogP contribution in [0.5, 0.6) is 0 Å². The molecule has 2 aliphatic rings. The number of H-pyrrole nitrogens is 1. The van der Waals surface area contributed by atoms with Crippen LogP contribution in [0.3, 0.4) is 0 Å². The first-order chi connectivity index (χ1) is 14.9. The number of alkyl halides is 3. The largest absolute Gasteiger partial charge is 0.433 e. The maximum atomic E-state index is 12.9. The molecule has 6 nitrogen and oxygen atoms in total. The lowest BCUT2D eigenvalue weighted by molar-refractivity contribution is -0.141. The number of aromatic amines is 1. The maximum Gasteiger partial charge on any atom is 0.433 e. The van der Waals surface area contributed by atoms with Gasteiger partial charge in [0.25, 0.3) is 0 Å². The zero-order valence-electron chi connectivity index (χ0n) is 16.7. The number of benzene rings is 1. The van der Waals surface area contributed by atoms with Gasteiger partial charge in [0.2, 0.25) is 5.91 Å². The third-order valence-corrected chi connectivity index (χ3v) is 6.08. The summed E-state index contributed by atoms with van der Waals surface area (Å²) in [6.07, 6.45) is -1.22. The number of pyridine rings is 1. The predicted octanol–water partition coefficient (Wildman–Crippen LogP) is 3.87. The first-order valence-corrected chi connectivity index (χ1v) is 10.4. The smallest absolute Gasteiger partial charge is 0.369 e. The van der Waals surface area contributed by atoms with E-state index in [1.807, 2.05) is 29.2 Å². The average Bonchev–Trinajstić information content (AvgIpc) is 3.14. The van der Waals surface area contributed by atoms with Gasteiger partial charge in [0, 0.05) is 43.4 Å². The molecule has 3 aromatic rings. The fourth-order valence-electron chi connectivity index (χ4n) is 4.36. The van der Waals surface area contributed by atoms with Crippen molar-refractivity contribution in [1.82, 2.24) is 20.3 Å². The topological polar surface area (TPSA) is 73.9 Å². The Labute approximate surface area is 176 Å². The van der Waals surface area contributed by atoms with Gasteiger partial charge in [-0.05, 0) is 43.0 Å². The highest BCUT2D eigenvalue weighted by Crippen LogP contribution is 2.48. The van der Waals surface area contributed by atoms with Gasteiger partial charge in [-0.1, -0.05) is 12.1 Å². The van der Waals surface area contributed by atoms with Crippen molar-refractivity contribution in [1.29, 1.82) is 0 Å². The first-order valence-electron chi connectivity index (χ1n) is 10.4. The standard InChI is InChI=1S/C22H22F3N5O/c23-22(24,25)19-11-15(5-7-26-19)30-8-6-14(12-30)27-20(31)10-13-9-16(13)21-28-17-3-1-2-4-18(17)29-21/h1-5,7,11,13-14,16H,6,8-10,12H2,(H,27,31)(H,28,29)/t13-,14+,16-/m0/s1. The van der Waals surface area contributed by atoms with Crippen LogP contribution in [0.4, 0.5) is 18.9 Å². The molecule has 2 fully saturated rings. The van der Waals surface area contributed by atoms with Gasteiger partial charge in [0.15, 0.2) is 0 Å². The average molecular weight is 429 g/mol. The molecular formula is C22H22F3N5O. The van der Waals surface area contributed by atoms with Crippen molar-refractivity contribution in [2.24, 2.45) is 5.92 Å². The molecule has 3 heterocycles. The van der Waals surface area contributed by atoms with Crippen molar-refractivity contribution in [3.8, 4) is 0 Å². The van der Waals surface area contributed by atoms with Crippen LogP contribution in [0.2, 0.25) is 0 Å². The second-order valence-corrected chi connectivity index (χ2v) is 8.34. The number of carbonyl (C=O) groups is 1. The molecule has 2 N–H and O–H groups in total. The molecule has 1 amide bonds. The van der Waals surface area contributed by atoms with Gasteiger partial charge in [-0.25, -0.2) is 4.98 Å². The Hall–Kier alpha value is -3.10. The monoisotopic (exact) mass is 429 g/mol. The van der Waals surface area contributed by atoms with Crippen molar-refractivity contribution in [3.05, 3.63) is 54.1 Å². The van der Waals surface area contributed by atoms with Crippen LogP contribution in [0.15, 0.2) is 42.6 Å². The van der Waals surface area contributed by atoms with E-state index >= 15 is 0 Å². The number of imidazole rings is 1. The molecule has 1 aromatic carbocycles. The highest BCUT2D eigenvalue weighted by molar-refractivity contribution is 5.78. The van der Waals surface area contributed by atoms with E-state index < -0.39 is 11.9 Å². The van der Waals surface area contributed by atoms with E-state index in [9.17, 15) is 18.0 Å². The molecule has 1 aliphatic heterocycles. The molecule has 1 aliphatic carbocycles. The third-order valence-electron chi connectivity index (χ3n) is 6.08. The normalized spacial score (nSPS) is 23.3. The molecule has 2 aromatic heterocycles. The van der Waals surface area contributed by atoms with Crippen molar-refractivity contribution in [2.75, 3.05) is 18.0 Å². The van der Waals surface area contributed by atoms with Gasteiger partial charge in [-0.15, -0.1) is 0 Å². The number of anilines is 1. The summed E-state index contributed by atoms with van der Waals surface area (Å²) in [4.78, 5) is 25.7. The Kier molecular flexibility index (Phi) is 4.83. The lowest BCUT2D eigenvalue weighted by Crippen LogP contribution is -2.37. The molecule has 1 saturated carbocycles. The van der Waals surface area contributed by atoms with E-state index in [1.54, 1.807) is 6.07 Å². The van der Waals surface area contributed by atoms with Crippen LogP contribution in [0, 0.1) is 5.92 Å². The van der Waals surface area contributed by atoms with Crippen LogP contribution in [0.1, 0.15) is 36.7 Å². The van der Waals surface area contributed by atoms with E-state index in [4.69, 9.17) is 0 Å². The number of nitrogens with zero attached hydrogens (tertiary/aromatic N) is 3. The summed E-state index contributed by atoms with van der Waals surface area (Å²) >= 11 is 0. The van der Waals surface area contributed by atoms with Gasteiger partial charge >= 0.3 is 6.18 Å². The number of aromatic nitrogens is 3. The van der Waals surface area contributed by atoms with E-state index in [0.717, 1.165) is 29.3 Å². The number of rotatable bonds is 5. The molecule has 3 atom stereocenters. The summed E-state index contributed by atoms with van der Waals surface area (Å²) in [5.41, 5.74) is 1.51. The molecule has 0 radical (unpaired) electrons. The molecule has 162 valence electrons. The number of halogens is 3. The third kappa shape index (κ3) is 4.22. The molecule has 0 bridgehead atoms. The Bertz CT molecular complexity index is 1080. The fraction of sp³-hybridized carbons (Fsp3) is 0.409. The van der Waals surface area contributed by atoms with Crippen LogP contribution in [0.25, 0.3) is 11.0 Å². The van der Waals surface area contributed by atoms with Gasteiger partial charge in [0.1, 0.15) is 11.5 Å². The van der Waals surface area contributed by atoms with Crippen molar-refractivity contribution in [3.63, 3.8) is 0 Å². The number of hydrogen-bond acceptors (Lipinski definition) is 4. The molecular weight excluding hydrogens is 407 g/mol. The maximum absolute atomic E-state index is 12.9. The van der Waals surface area contributed by atoms with Gasteiger partial charge in [-0.2, -0.15) is 13.2 Å². The van der Waals surface area contributed by atoms with E-state index in [0.29, 0.717) is 31.6 Å². The van der Waals surface area contributed by atoms with Gasteiger partial charge in [-0.3, -0.25) is 9.78 Å². The van der Waals surface area contributed by atoms with Crippen LogP contribution in [-0.4, -0.2) is 40.0 Å². The summed E-state index contributed by atoms with van der Waals surface area (Å²) in [6, 6.07) is 10.4. The second-order valence-electron chi connectivity index (χ2n) is 8.34. The molecule has 31 heavy (non-hydrogen) atoms. The summed E-state index contributed by atoms with van der Waals surface area (Å²) < 4.78 is 38.7. The lowest BCUT2D eigenvalue weighted by Gasteiger charge is -2.20. The number of amides is 1. The Balaban J connectivity index is 1.14. The summed E-state index contributed by atoms with van der Waals surface area (Å²) in [5.74, 6) is 1.47. The number of nitrogens with one attached hydrogen (secondary N) is 2. The molecule has 9 heteroatoms. The zero-order valence-corrected chi connectivity index (χ0v) is 16.7. The Morgan fingerprint density at radius 3 is 2.90 bits per heavy atom. The van der Waals surface area contributed by atoms with Crippen LogP contribution >= 0.6 is 0 Å². The highest BCUT2D eigenvalue weighted by Gasteiger charge is 2.42. The van der Waals surface area contributed by atoms with Crippen molar-refractivity contribution < 1.29 is 18.0 Å². The number of carbonyl (C=O) groups excluding carboxylic acids is 1. The van der Waals surface area contributed by atoms with E-state index in [-0.39, 0.29) is 23.8 Å². The van der Waals surface area contributed by atoms with Gasteiger partial charge < -0.3 is 15.2 Å². The number of fused-ring (bicyclic) bond motifs is 1. The first kappa shape index (κ1) is 19.8. The fourth-order valence-corrected chi connectivity index (χ4v) is 4.36. The van der Waals surface area contributed by atoms with E-state index in [2.05, 4.69) is 20.3 Å². The second kappa shape index (κ2) is 7.55. The van der Waals surface area contributed by atoms with Crippen LogP contribution < -0.4 is 10.2 Å². The number of hydrogen-bond donors (Lipinski definition) is 2. The Morgan fingerprint density at radius 2 is 2.10 bits per heavy atom. The zero-order chi connectivity index (χ0) is 21.6. The van der Waals surface area contributed by atoms with Crippen molar-refractivity contribution in [2.45, 2.75) is 37.4 Å². The highest BCUT2D eigenvalue weighted by atomic mass is 19.4. The Morgan fingerprint density at radius 1 is 1.26 bits per heavy atom. The SMILES string of the molecule is O=C(C[C@@H]1C[C@@H]1c1nc2ccccc2[nH]1)N[C@@H]1CCN(c2ccnc(C(F)(F)F)c2)C1.